The molecule has 2 rings (SSSR count). The summed E-state index contributed by atoms with van der Waals surface area (Å²) in [6.07, 6.45) is -0.327. The number of aliphatic hydroxyl groups excluding tert-OH is 1. The van der Waals surface area contributed by atoms with Crippen LogP contribution < -0.4 is 5.32 Å². The van der Waals surface area contributed by atoms with Crippen LogP contribution in [0.1, 0.15) is 13.8 Å². The molecule has 0 radical (unpaired) electrons. The largest absolute Gasteiger partial charge is 0.391 e. The maximum absolute atomic E-state index is 9.68. The lowest BCUT2D eigenvalue weighted by molar-refractivity contribution is 0.138. The maximum Gasteiger partial charge on any atom is 0.183 e. The van der Waals surface area contributed by atoms with Gasteiger partial charge in [-0.15, -0.1) is 0 Å². The topological polar surface area (TPSA) is 45.1 Å². The first-order valence-electron chi connectivity index (χ1n) is 5.44. The van der Waals surface area contributed by atoms with Gasteiger partial charge in [0.15, 0.2) is 5.13 Å². The second kappa shape index (κ2) is 4.80. The summed E-state index contributed by atoms with van der Waals surface area (Å²) in [5, 5.41) is 13.7. The average Bonchev–Trinajstić information content (AvgIpc) is 2.68. The van der Waals surface area contributed by atoms with Crippen LogP contribution in [0.15, 0.2) is 24.3 Å². The zero-order valence-corrected chi connectivity index (χ0v) is 10.3. The molecule has 0 saturated carbocycles. The Labute approximate surface area is 99.1 Å². The van der Waals surface area contributed by atoms with Gasteiger partial charge in [-0.3, -0.25) is 0 Å². The van der Waals surface area contributed by atoms with Crippen LogP contribution in [0.4, 0.5) is 5.13 Å². The summed E-state index contributed by atoms with van der Waals surface area (Å²) in [6.45, 7) is 4.56. The highest BCUT2D eigenvalue weighted by molar-refractivity contribution is 7.22. The van der Waals surface area contributed by atoms with E-state index in [9.17, 15) is 5.11 Å². The number of thiazole rings is 1. The van der Waals surface area contributed by atoms with E-state index in [1.807, 2.05) is 32.0 Å². The van der Waals surface area contributed by atoms with E-state index in [1.54, 1.807) is 11.3 Å². The van der Waals surface area contributed by atoms with Gasteiger partial charge in [-0.25, -0.2) is 4.98 Å². The molecule has 0 fully saturated rings. The monoisotopic (exact) mass is 236 g/mol. The first-order valence-corrected chi connectivity index (χ1v) is 6.26. The number of aromatic nitrogens is 1. The molecular formula is C12H16N2OS. The minimum Gasteiger partial charge on any atom is -0.391 e. The maximum atomic E-state index is 9.68. The van der Waals surface area contributed by atoms with E-state index in [-0.39, 0.29) is 12.0 Å². The molecule has 0 spiro atoms. The molecule has 2 N–H and O–H groups in total. The fraction of sp³-hybridized carbons (Fsp3) is 0.417. The highest BCUT2D eigenvalue weighted by Gasteiger charge is 2.09. The quantitative estimate of drug-likeness (QED) is 0.858. The molecule has 16 heavy (non-hydrogen) atoms. The van der Waals surface area contributed by atoms with Crippen LogP contribution in [0.25, 0.3) is 10.2 Å². The van der Waals surface area contributed by atoms with Crippen LogP contribution >= 0.6 is 11.3 Å². The molecule has 0 amide bonds. The lowest BCUT2D eigenvalue weighted by Crippen LogP contribution is -2.24. The standard InChI is InChI=1S/C12H16N2OS/c1-8(2)10(15)7-13-12-14-9-5-3-4-6-11(9)16-12/h3-6,8,10,15H,7H2,1-2H3,(H,13,14). The summed E-state index contributed by atoms with van der Waals surface area (Å²) < 4.78 is 1.17. The van der Waals surface area contributed by atoms with E-state index in [4.69, 9.17) is 0 Å². The van der Waals surface area contributed by atoms with Crippen molar-refractivity contribution in [3.8, 4) is 0 Å². The second-order valence-corrected chi connectivity index (χ2v) is 5.21. The molecule has 0 aliphatic carbocycles. The summed E-state index contributed by atoms with van der Waals surface area (Å²) in [5.74, 6) is 0.266. The highest BCUT2D eigenvalue weighted by atomic mass is 32.1. The number of rotatable bonds is 4. The Morgan fingerprint density at radius 2 is 2.12 bits per heavy atom. The van der Waals surface area contributed by atoms with Crippen LogP contribution in [0.5, 0.6) is 0 Å². The van der Waals surface area contributed by atoms with Crippen molar-refractivity contribution >= 4 is 26.7 Å². The molecule has 3 nitrogen and oxygen atoms in total. The zero-order valence-electron chi connectivity index (χ0n) is 9.47. The molecule has 0 bridgehead atoms. The van der Waals surface area contributed by atoms with Gasteiger partial charge in [0.1, 0.15) is 0 Å². The van der Waals surface area contributed by atoms with Gasteiger partial charge in [0.05, 0.1) is 16.3 Å². The van der Waals surface area contributed by atoms with E-state index in [0.29, 0.717) is 6.54 Å². The third kappa shape index (κ3) is 2.51. The number of nitrogens with one attached hydrogen (secondary N) is 1. The van der Waals surface area contributed by atoms with Crippen molar-refractivity contribution in [2.75, 3.05) is 11.9 Å². The van der Waals surface area contributed by atoms with E-state index in [1.165, 1.54) is 4.70 Å². The Hall–Kier alpha value is -1.13. The molecule has 1 aromatic carbocycles. The summed E-state index contributed by atoms with van der Waals surface area (Å²) >= 11 is 1.62. The summed E-state index contributed by atoms with van der Waals surface area (Å²) in [7, 11) is 0. The van der Waals surface area contributed by atoms with E-state index in [0.717, 1.165) is 10.6 Å². The SMILES string of the molecule is CC(C)C(O)CNc1nc2ccccc2s1. The van der Waals surface area contributed by atoms with Crippen molar-refractivity contribution in [3.63, 3.8) is 0 Å². The molecule has 0 saturated heterocycles. The minimum atomic E-state index is -0.327. The number of fused-ring (bicyclic) bond motifs is 1. The Morgan fingerprint density at radius 1 is 1.38 bits per heavy atom. The third-order valence-corrected chi connectivity index (χ3v) is 3.52. The Kier molecular flexibility index (Phi) is 3.41. The predicted molar refractivity (Wildman–Crippen MR) is 69.0 cm³/mol. The van der Waals surface area contributed by atoms with Crippen molar-refractivity contribution in [1.82, 2.24) is 4.98 Å². The van der Waals surface area contributed by atoms with Crippen LogP contribution in [0, 0.1) is 5.92 Å². The van der Waals surface area contributed by atoms with Crippen molar-refractivity contribution in [1.29, 1.82) is 0 Å². The van der Waals surface area contributed by atoms with E-state index < -0.39 is 0 Å². The molecule has 2 aromatic rings. The van der Waals surface area contributed by atoms with Crippen LogP contribution in [0.3, 0.4) is 0 Å². The lowest BCUT2D eigenvalue weighted by atomic mass is 10.1. The second-order valence-electron chi connectivity index (χ2n) is 4.18. The highest BCUT2D eigenvalue weighted by Crippen LogP contribution is 2.25. The van der Waals surface area contributed by atoms with Crippen LogP contribution in [0.2, 0.25) is 0 Å². The Bertz CT molecular complexity index is 434. The van der Waals surface area contributed by atoms with Crippen molar-refractivity contribution in [3.05, 3.63) is 24.3 Å². The molecule has 0 aliphatic heterocycles. The normalized spacial score (nSPS) is 13.2. The van der Waals surface area contributed by atoms with E-state index in [2.05, 4.69) is 16.4 Å². The molecule has 1 aromatic heterocycles. The summed E-state index contributed by atoms with van der Waals surface area (Å²) in [6, 6.07) is 8.04. The van der Waals surface area contributed by atoms with Gasteiger partial charge in [0, 0.05) is 6.54 Å². The van der Waals surface area contributed by atoms with Gasteiger partial charge in [-0.05, 0) is 18.1 Å². The molecular weight excluding hydrogens is 220 g/mol. The van der Waals surface area contributed by atoms with Crippen LogP contribution in [-0.2, 0) is 0 Å². The molecule has 0 aliphatic rings. The number of benzene rings is 1. The summed E-state index contributed by atoms with van der Waals surface area (Å²) in [5.41, 5.74) is 1.01. The summed E-state index contributed by atoms with van der Waals surface area (Å²) in [4.78, 5) is 4.44. The Morgan fingerprint density at radius 3 is 2.81 bits per heavy atom. The predicted octanol–water partition coefficient (Wildman–Crippen LogP) is 2.73. The zero-order chi connectivity index (χ0) is 11.5. The van der Waals surface area contributed by atoms with Crippen molar-refractivity contribution in [2.45, 2.75) is 20.0 Å². The first kappa shape index (κ1) is 11.4. The number of para-hydroxylation sites is 1. The number of nitrogens with zero attached hydrogens (tertiary/aromatic N) is 1. The van der Waals surface area contributed by atoms with Gasteiger partial charge < -0.3 is 10.4 Å². The molecule has 1 unspecified atom stereocenters. The average molecular weight is 236 g/mol. The fourth-order valence-corrected chi connectivity index (χ4v) is 2.25. The van der Waals surface area contributed by atoms with Crippen molar-refractivity contribution < 1.29 is 5.11 Å². The number of anilines is 1. The Balaban J connectivity index is 2.05. The number of aliphatic hydroxyl groups is 1. The lowest BCUT2D eigenvalue weighted by Gasteiger charge is -2.14. The van der Waals surface area contributed by atoms with Gasteiger partial charge in [0.2, 0.25) is 0 Å². The fourth-order valence-electron chi connectivity index (χ4n) is 1.38. The van der Waals surface area contributed by atoms with Gasteiger partial charge in [-0.1, -0.05) is 37.3 Å². The van der Waals surface area contributed by atoms with Crippen molar-refractivity contribution in [2.24, 2.45) is 5.92 Å². The van der Waals surface area contributed by atoms with Gasteiger partial charge in [-0.2, -0.15) is 0 Å². The molecule has 1 heterocycles. The molecule has 86 valence electrons. The first-order chi connectivity index (χ1) is 7.66. The van der Waals surface area contributed by atoms with Gasteiger partial charge >= 0.3 is 0 Å². The minimum absolute atomic E-state index is 0.266. The molecule has 1 atom stereocenters. The van der Waals surface area contributed by atoms with Crippen LogP contribution in [-0.4, -0.2) is 22.7 Å². The number of hydrogen-bond donors (Lipinski definition) is 2. The number of hydrogen-bond acceptors (Lipinski definition) is 4. The molecule has 4 heteroatoms. The van der Waals surface area contributed by atoms with E-state index >= 15 is 0 Å². The smallest absolute Gasteiger partial charge is 0.183 e. The third-order valence-electron chi connectivity index (χ3n) is 2.53. The van der Waals surface area contributed by atoms with Gasteiger partial charge in [0.25, 0.3) is 0 Å².